The number of hydrogen-bond donors (Lipinski definition) is 1. The summed E-state index contributed by atoms with van der Waals surface area (Å²) in [7, 11) is 0. The quantitative estimate of drug-likeness (QED) is 0.932. The Morgan fingerprint density at radius 1 is 1.29 bits per heavy atom. The molecule has 0 spiro atoms. The molecule has 2 heterocycles. The number of benzene rings is 1. The zero-order chi connectivity index (χ0) is 17.3. The van der Waals surface area contributed by atoms with E-state index in [2.05, 4.69) is 10.3 Å². The van der Waals surface area contributed by atoms with Crippen LogP contribution in [0.5, 0.6) is 0 Å². The van der Waals surface area contributed by atoms with Crippen LogP contribution in [0.1, 0.15) is 17.0 Å². The van der Waals surface area contributed by atoms with E-state index in [1.54, 1.807) is 4.90 Å². The Balaban J connectivity index is 1.80. The molecular weight excluding hydrogens is 322 g/mol. The van der Waals surface area contributed by atoms with Crippen LogP contribution in [0.25, 0.3) is 0 Å². The number of hydrogen-bond acceptors (Lipinski definition) is 4. The number of nitrogens with one attached hydrogen (secondary N) is 1. The van der Waals surface area contributed by atoms with Crippen LogP contribution >= 0.6 is 11.8 Å². The van der Waals surface area contributed by atoms with Gasteiger partial charge in [-0.25, -0.2) is 0 Å². The van der Waals surface area contributed by atoms with Gasteiger partial charge in [-0.3, -0.25) is 14.6 Å². The number of para-hydroxylation sites is 1. The van der Waals surface area contributed by atoms with Crippen LogP contribution in [-0.2, 0) is 9.59 Å². The standard InChI is InChI=1S/C18H19N3O2S/c1-11-8-12(2)19-13(3)18(11)20-16(22)9-21-14-6-4-5-7-15(14)24-10-17(21)23/h4-8H,9-10H2,1-3H3,(H,20,22). The zero-order valence-electron chi connectivity index (χ0n) is 13.9. The van der Waals surface area contributed by atoms with Crippen molar-refractivity contribution in [3.8, 4) is 0 Å². The molecule has 0 saturated carbocycles. The lowest BCUT2D eigenvalue weighted by Gasteiger charge is -2.28. The molecule has 1 N–H and O–H groups in total. The molecule has 2 amide bonds. The van der Waals surface area contributed by atoms with Gasteiger partial charge >= 0.3 is 0 Å². The van der Waals surface area contributed by atoms with Gasteiger partial charge in [0.2, 0.25) is 11.8 Å². The Kier molecular flexibility index (Phi) is 4.57. The van der Waals surface area contributed by atoms with Crippen molar-refractivity contribution in [2.24, 2.45) is 0 Å². The van der Waals surface area contributed by atoms with E-state index in [1.165, 1.54) is 11.8 Å². The Labute approximate surface area is 145 Å². The van der Waals surface area contributed by atoms with E-state index in [-0.39, 0.29) is 18.4 Å². The monoisotopic (exact) mass is 341 g/mol. The van der Waals surface area contributed by atoms with Crippen LogP contribution in [0.4, 0.5) is 11.4 Å². The minimum absolute atomic E-state index is 0.00314. The number of amides is 2. The largest absolute Gasteiger partial charge is 0.323 e. The number of thioether (sulfide) groups is 1. The molecule has 0 bridgehead atoms. The first-order valence-electron chi connectivity index (χ1n) is 7.72. The lowest BCUT2D eigenvalue weighted by atomic mass is 10.1. The molecule has 1 aliphatic heterocycles. The van der Waals surface area contributed by atoms with Gasteiger partial charge in [0, 0.05) is 10.6 Å². The molecule has 5 nitrogen and oxygen atoms in total. The second-order valence-corrected chi connectivity index (χ2v) is 6.84. The average Bonchev–Trinajstić information content (AvgIpc) is 2.53. The van der Waals surface area contributed by atoms with Gasteiger partial charge in [0.25, 0.3) is 0 Å². The number of fused-ring (bicyclic) bond motifs is 1. The molecule has 0 aliphatic carbocycles. The minimum Gasteiger partial charge on any atom is -0.323 e. The van der Waals surface area contributed by atoms with Crippen LogP contribution < -0.4 is 10.2 Å². The summed E-state index contributed by atoms with van der Waals surface area (Å²) >= 11 is 1.51. The van der Waals surface area contributed by atoms with Gasteiger partial charge in [-0.1, -0.05) is 12.1 Å². The minimum atomic E-state index is -0.220. The normalized spacial score (nSPS) is 13.6. The van der Waals surface area contributed by atoms with Crippen molar-refractivity contribution in [2.45, 2.75) is 25.7 Å². The first-order valence-corrected chi connectivity index (χ1v) is 8.71. The van der Waals surface area contributed by atoms with Crippen LogP contribution in [0, 0.1) is 20.8 Å². The van der Waals surface area contributed by atoms with Gasteiger partial charge in [-0.2, -0.15) is 0 Å². The predicted octanol–water partition coefficient (Wildman–Crippen LogP) is 3.08. The maximum Gasteiger partial charge on any atom is 0.244 e. The number of carbonyl (C=O) groups excluding carboxylic acids is 2. The summed E-state index contributed by atoms with van der Waals surface area (Å²) in [4.78, 5) is 31.7. The first kappa shape index (κ1) is 16.5. The molecule has 24 heavy (non-hydrogen) atoms. The molecule has 0 saturated heterocycles. The number of aryl methyl sites for hydroxylation is 3. The predicted molar refractivity (Wildman–Crippen MR) is 96.6 cm³/mol. The van der Waals surface area contributed by atoms with E-state index in [1.807, 2.05) is 51.1 Å². The Morgan fingerprint density at radius 3 is 2.79 bits per heavy atom. The number of anilines is 2. The number of carbonyl (C=O) groups is 2. The lowest BCUT2D eigenvalue weighted by molar-refractivity contribution is -0.120. The maximum atomic E-state index is 12.5. The third kappa shape index (κ3) is 3.28. The molecule has 0 atom stereocenters. The Hall–Kier alpha value is -2.34. The molecule has 1 aliphatic rings. The van der Waals surface area contributed by atoms with Crippen molar-refractivity contribution < 1.29 is 9.59 Å². The van der Waals surface area contributed by atoms with Gasteiger partial charge in [0.1, 0.15) is 6.54 Å². The average molecular weight is 341 g/mol. The molecular formula is C18H19N3O2S. The summed E-state index contributed by atoms with van der Waals surface area (Å²) in [5, 5.41) is 2.90. The highest BCUT2D eigenvalue weighted by Crippen LogP contribution is 2.34. The van der Waals surface area contributed by atoms with Gasteiger partial charge in [-0.05, 0) is 44.5 Å². The van der Waals surface area contributed by atoms with Gasteiger partial charge in [0.15, 0.2) is 0 Å². The first-order chi connectivity index (χ1) is 11.5. The molecule has 1 aromatic heterocycles. The number of rotatable bonds is 3. The summed E-state index contributed by atoms with van der Waals surface area (Å²) < 4.78 is 0. The molecule has 2 aromatic rings. The van der Waals surface area contributed by atoms with Crippen molar-refractivity contribution in [3.63, 3.8) is 0 Å². The third-order valence-electron chi connectivity index (χ3n) is 3.90. The van der Waals surface area contributed by atoms with Crippen molar-refractivity contribution >= 4 is 35.0 Å². The van der Waals surface area contributed by atoms with Crippen molar-refractivity contribution in [1.82, 2.24) is 4.98 Å². The number of nitrogens with zero attached hydrogens (tertiary/aromatic N) is 2. The number of aromatic nitrogens is 1. The molecule has 0 radical (unpaired) electrons. The summed E-state index contributed by atoms with van der Waals surface area (Å²) in [6.45, 7) is 5.73. The maximum absolute atomic E-state index is 12.5. The molecule has 0 unspecified atom stereocenters. The summed E-state index contributed by atoms with van der Waals surface area (Å²) in [6.07, 6.45) is 0. The smallest absolute Gasteiger partial charge is 0.244 e. The Morgan fingerprint density at radius 2 is 2.04 bits per heavy atom. The van der Waals surface area contributed by atoms with Crippen LogP contribution in [0.15, 0.2) is 35.2 Å². The van der Waals surface area contributed by atoms with E-state index in [0.717, 1.165) is 33.2 Å². The van der Waals surface area contributed by atoms with Crippen molar-refractivity contribution in [1.29, 1.82) is 0 Å². The van der Waals surface area contributed by atoms with Gasteiger partial charge in [-0.15, -0.1) is 11.8 Å². The molecule has 1 aromatic carbocycles. The van der Waals surface area contributed by atoms with E-state index in [0.29, 0.717) is 5.75 Å². The second-order valence-electron chi connectivity index (χ2n) is 5.83. The van der Waals surface area contributed by atoms with Gasteiger partial charge in [0.05, 0.1) is 22.8 Å². The van der Waals surface area contributed by atoms with Crippen molar-refractivity contribution in [2.75, 3.05) is 22.5 Å². The van der Waals surface area contributed by atoms with Crippen LogP contribution in [0.2, 0.25) is 0 Å². The summed E-state index contributed by atoms with van der Waals surface area (Å²) in [6, 6.07) is 9.58. The van der Waals surface area contributed by atoms with E-state index >= 15 is 0 Å². The van der Waals surface area contributed by atoms with Gasteiger partial charge < -0.3 is 10.2 Å². The fourth-order valence-electron chi connectivity index (χ4n) is 2.86. The summed E-state index contributed by atoms with van der Waals surface area (Å²) in [5.41, 5.74) is 4.18. The Bertz CT molecular complexity index is 797. The van der Waals surface area contributed by atoms with Crippen LogP contribution in [-0.4, -0.2) is 29.1 Å². The third-order valence-corrected chi connectivity index (χ3v) is 4.95. The molecule has 124 valence electrons. The molecule has 6 heteroatoms. The molecule has 0 fully saturated rings. The number of pyridine rings is 1. The fourth-order valence-corrected chi connectivity index (χ4v) is 3.80. The second kappa shape index (κ2) is 6.65. The highest BCUT2D eigenvalue weighted by atomic mass is 32.2. The zero-order valence-corrected chi connectivity index (χ0v) is 14.7. The van der Waals surface area contributed by atoms with E-state index in [9.17, 15) is 9.59 Å². The topological polar surface area (TPSA) is 62.3 Å². The molecule has 3 rings (SSSR count). The highest BCUT2D eigenvalue weighted by molar-refractivity contribution is 8.00. The van der Waals surface area contributed by atoms with E-state index in [4.69, 9.17) is 0 Å². The van der Waals surface area contributed by atoms with Crippen LogP contribution in [0.3, 0.4) is 0 Å². The fraction of sp³-hybridized carbons (Fsp3) is 0.278. The summed E-state index contributed by atoms with van der Waals surface area (Å²) in [5.74, 6) is 0.0836. The highest BCUT2D eigenvalue weighted by Gasteiger charge is 2.26. The lowest BCUT2D eigenvalue weighted by Crippen LogP contribution is -2.41. The van der Waals surface area contributed by atoms with Crippen molar-refractivity contribution in [3.05, 3.63) is 47.3 Å². The van der Waals surface area contributed by atoms with E-state index < -0.39 is 0 Å². The SMILES string of the molecule is Cc1cc(C)c(NC(=O)CN2C(=O)CSc3ccccc32)c(C)n1.